The summed E-state index contributed by atoms with van der Waals surface area (Å²) in [5.74, 6) is 0.642. The van der Waals surface area contributed by atoms with Crippen LogP contribution in [0.1, 0.15) is 0 Å². The Balaban J connectivity index is 1.87. The van der Waals surface area contributed by atoms with Crippen molar-refractivity contribution in [3.63, 3.8) is 0 Å². The van der Waals surface area contributed by atoms with Gasteiger partial charge in [0.25, 0.3) is 0 Å². The van der Waals surface area contributed by atoms with Gasteiger partial charge in [0.05, 0.1) is 0 Å². The van der Waals surface area contributed by atoms with Crippen LogP contribution in [-0.4, -0.2) is 10.1 Å². The summed E-state index contributed by atoms with van der Waals surface area (Å²) in [6.07, 6.45) is 1.71. The van der Waals surface area contributed by atoms with Crippen molar-refractivity contribution in [2.24, 2.45) is 10.2 Å². The molecule has 0 aliphatic carbocycles. The molecule has 4 nitrogen and oxygen atoms in total. The van der Waals surface area contributed by atoms with Crippen LogP contribution in [0.25, 0.3) is 21.5 Å². The van der Waals surface area contributed by atoms with Gasteiger partial charge in [0.2, 0.25) is 0 Å². The number of aromatic nitrogens is 1. The van der Waals surface area contributed by atoms with Gasteiger partial charge in [-0.2, -0.15) is 0 Å². The Bertz CT molecular complexity index is 1040. The van der Waals surface area contributed by atoms with Gasteiger partial charge in [-0.3, -0.25) is 0 Å². The second-order valence-corrected chi connectivity index (χ2v) is 5.21. The number of azo groups is 1. The highest BCUT2D eigenvalue weighted by atomic mass is 16.3. The van der Waals surface area contributed by atoms with Gasteiger partial charge < -0.3 is 5.11 Å². The third-order valence-corrected chi connectivity index (χ3v) is 3.78. The van der Waals surface area contributed by atoms with Gasteiger partial charge in [0.15, 0.2) is 5.82 Å². The van der Waals surface area contributed by atoms with E-state index in [1.54, 1.807) is 12.3 Å². The lowest BCUT2D eigenvalue weighted by Gasteiger charge is -2.04. The number of rotatable bonds is 2. The number of hydrogen-bond acceptors (Lipinski definition) is 4. The molecule has 3 aromatic carbocycles. The van der Waals surface area contributed by atoms with Crippen LogP contribution in [0.3, 0.4) is 0 Å². The number of phenolic OH excluding ortho intramolecular Hbond substituents is 1. The summed E-state index contributed by atoms with van der Waals surface area (Å²) < 4.78 is 0. The second kappa shape index (κ2) is 5.50. The van der Waals surface area contributed by atoms with Crippen molar-refractivity contribution in [3.05, 3.63) is 72.9 Å². The largest absolute Gasteiger partial charge is 0.506 e. The first kappa shape index (κ1) is 13.4. The van der Waals surface area contributed by atoms with E-state index >= 15 is 0 Å². The summed E-state index contributed by atoms with van der Waals surface area (Å²) in [7, 11) is 0. The van der Waals surface area contributed by atoms with Gasteiger partial charge in [0, 0.05) is 17.0 Å². The molecule has 0 saturated heterocycles. The molecule has 23 heavy (non-hydrogen) atoms. The van der Waals surface area contributed by atoms with Gasteiger partial charge in [-0.05, 0) is 22.9 Å². The lowest BCUT2D eigenvalue weighted by Crippen LogP contribution is -1.78. The summed E-state index contributed by atoms with van der Waals surface area (Å²) in [6.45, 7) is 0. The third kappa shape index (κ3) is 2.40. The van der Waals surface area contributed by atoms with Crippen molar-refractivity contribution in [1.82, 2.24) is 4.98 Å². The van der Waals surface area contributed by atoms with Gasteiger partial charge >= 0.3 is 0 Å². The van der Waals surface area contributed by atoms with Gasteiger partial charge in [-0.15, -0.1) is 10.2 Å². The van der Waals surface area contributed by atoms with Gasteiger partial charge in [0.1, 0.15) is 11.4 Å². The minimum absolute atomic E-state index is 0.104. The van der Waals surface area contributed by atoms with E-state index in [-0.39, 0.29) is 5.75 Å². The topological polar surface area (TPSA) is 57.8 Å². The van der Waals surface area contributed by atoms with E-state index in [0.717, 1.165) is 21.5 Å². The number of hydrogen-bond donors (Lipinski definition) is 1. The first-order chi connectivity index (χ1) is 11.3. The molecular formula is C19H13N3O. The van der Waals surface area contributed by atoms with Crippen LogP contribution in [-0.2, 0) is 0 Å². The van der Waals surface area contributed by atoms with E-state index in [1.165, 1.54) is 0 Å². The van der Waals surface area contributed by atoms with E-state index < -0.39 is 0 Å². The maximum Gasteiger partial charge on any atom is 0.182 e. The number of aromatic hydroxyl groups is 1. The zero-order valence-corrected chi connectivity index (χ0v) is 12.2. The standard InChI is InChI=1S/C19H13N3O/c23-17-10-9-13-5-1-3-7-15(13)18(17)21-22-19-16-8-4-2-6-14(16)11-12-20-19/h1-12,23H/b22-21+. The molecule has 0 radical (unpaired) electrons. The first-order valence-electron chi connectivity index (χ1n) is 7.29. The van der Waals surface area contributed by atoms with Crippen LogP contribution < -0.4 is 0 Å². The smallest absolute Gasteiger partial charge is 0.182 e. The van der Waals surface area contributed by atoms with Crippen molar-refractivity contribution in [1.29, 1.82) is 0 Å². The van der Waals surface area contributed by atoms with Crippen LogP contribution in [0.2, 0.25) is 0 Å². The highest BCUT2D eigenvalue weighted by Crippen LogP contribution is 2.36. The Morgan fingerprint density at radius 3 is 2.22 bits per heavy atom. The molecule has 1 heterocycles. The number of fused-ring (bicyclic) bond motifs is 2. The monoisotopic (exact) mass is 299 g/mol. The fourth-order valence-electron chi connectivity index (χ4n) is 2.63. The zero-order chi connectivity index (χ0) is 15.6. The minimum Gasteiger partial charge on any atom is -0.506 e. The Morgan fingerprint density at radius 1 is 0.696 bits per heavy atom. The van der Waals surface area contributed by atoms with Crippen LogP contribution in [0.4, 0.5) is 11.5 Å². The number of phenols is 1. The quantitative estimate of drug-likeness (QED) is 0.496. The molecule has 0 amide bonds. The molecule has 1 aromatic heterocycles. The normalized spacial score (nSPS) is 11.5. The van der Waals surface area contributed by atoms with E-state index in [0.29, 0.717) is 11.5 Å². The van der Waals surface area contributed by atoms with Gasteiger partial charge in [-0.1, -0.05) is 54.6 Å². The molecule has 4 rings (SSSR count). The van der Waals surface area contributed by atoms with Gasteiger partial charge in [-0.25, -0.2) is 4.98 Å². The van der Waals surface area contributed by atoms with Crippen molar-refractivity contribution in [2.45, 2.75) is 0 Å². The number of pyridine rings is 1. The van der Waals surface area contributed by atoms with Crippen molar-refractivity contribution in [3.8, 4) is 5.75 Å². The summed E-state index contributed by atoms with van der Waals surface area (Å²) in [5.41, 5.74) is 0.456. The van der Waals surface area contributed by atoms with Crippen LogP contribution in [0.5, 0.6) is 5.75 Å². The number of nitrogens with zero attached hydrogens (tertiary/aromatic N) is 3. The Kier molecular flexibility index (Phi) is 3.20. The van der Waals surface area contributed by atoms with Crippen molar-refractivity contribution in [2.75, 3.05) is 0 Å². The molecular weight excluding hydrogens is 286 g/mol. The van der Waals surface area contributed by atoms with E-state index in [1.807, 2.05) is 60.7 Å². The molecule has 4 aromatic rings. The van der Waals surface area contributed by atoms with Crippen molar-refractivity contribution >= 4 is 33.1 Å². The third-order valence-electron chi connectivity index (χ3n) is 3.78. The molecule has 110 valence electrons. The van der Waals surface area contributed by atoms with E-state index in [4.69, 9.17) is 0 Å². The molecule has 0 fully saturated rings. The number of benzene rings is 3. The zero-order valence-electron chi connectivity index (χ0n) is 12.2. The summed E-state index contributed by atoms with van der Waals surface area (Å²) in [6, 6.07) is 21.1. The van der Waals surface area contributed by atoms with Crippen molar-refractivity contribution < 1.29 is 5.11 Å². The molecule has 0 unspecified atom stereocenters. The Labute approximate surface area is 132 Å². The first-order valence-corrected chi connectivity index (χ1v) is 7.29. The Morgan fingerprint density at radius 2 is 1.39 bits per heavy atom. The van der Waals surface area contributed by atoms with E-state index in [9.17, 15) is 5.11 Å². The van der Waals surface area contributed by atoms with Crippen LogP contribution in [0, 0.1) is 0 Å². The maximum absolute atomic E-state index is 10.1. The molecule has 0 bridgehead atoms. The predicted molar refractivity (Wildman–Crippen MR) is 91.5 cm³/mol. The maximum atomic E-state index is 10.1. The van der Waals surface area contributed by atoms with E-state index in [2.05, 4.69) is 15.2 Å². The van der Waals surface area contributed by atoms with Crippen LogP contribution >= 0.6 is 0 Å². The summed E-state index contributed by atoms with van der Waals surface area (Å²) in [5, 5.41) is 22.5. The van der Waals surface area contributed by atoms with Crippen LogP contribution in [0.15, 0.2) is 83.2 Å². The molecule has 0 atom stereocenters. The fraction of sp³-hybridized carbons (Fsp3) is 0. The average Bonchev–Trinajstić information content (AvgIpc) is 2.61. The highest BCUT2D eigenvalue weighted by Gasteiger charge is 2.06. The molecule has 0 aliphatic rings. The second-order valence-electron chi connectivity index (χ2n) is 5.21. The highest BCUT2D eigenvalue weighted by molar-refractivity contribution is 5.95. The Hall–Kier alpha value is -3.27. The molecule has 0 aliphatic heterocycles. The molecule has 1 N–H and O–H groups in total. The average molecular weight is 299 g/mol. The molecule has 0 saturated carbocycles. The predicted octanol–water partition coefficient (Wildman–Crippen LogP) is 5.51. The molecule has 0 spiro atoms. The lowest BCUT2D eigenvalue weighted by atomic mass is 10.1. The molecule has 4 heteroatoms. The minimum atomic E-state index is 0.104. The fourth-order valence-corrected chi connectivity index (χ4v) is 2.63. The summed E-state index contributed by atoms with van der Waals surface area (Å²) in [4.78, 5) is 4.29. The summed E-state index contributed by atoms with van der Waals surface area (Å²) >= 11 is 0. The lowest BCUT2D eigenvalue weighted by molar-refractivity contribution is 0.477. The SMILES string of the molecule is Oc1ccc2ccccc2c1/N=N/c1nccc2ccccc12.